The third kappa shape index (κ3) is 2.78. The molecule has 1 aromatic carbocycles. The van der Waals surface area contributed by atoms with Gasteiger partial charge in [0.15, 0.2) is 6.10 Å². The lowest BCUT2D eigenvalue weighted by molar-refractivity contribution is -0.0207. The van der Waals surface area contributed by atoms with E-state index in [1.807, 2.05) is 0 Å². The smallest absolute Gasteiger partial charge is 0.325 e. The highest BCUT2D eigenvalue weighted by atomic mass is 127. The van der Waals surface area contributed by atoms with Crippen LogP contribution in [0.2, 0.25) is 0 Å². The average molecular weight is 314 g/mol. The summed E-state index contributed by atoms with van der Waals surface area (Å²) < 4.78 is 27.1. The number of aliphatic hydroxyl groups is 1. The van der Waals surface area contributed by atoms with Crippen molar-refractivity contribution in [3.63, 3.8) is 0 Å². The molecule has 0 bridgehead atoms. The normalized spacial score (nSPS) is 13.8. The maximum absolute atomic E-state index is 12.7. The first-order valence-electron chi connectivity index (χ1n) is 3.84. The topological polar surface area (TPSA) is 29.5 Å². The lowest BCUT2D eigenvalue weighted by Crippen LogP contribution is -2.17. The van der Waals surface area contributed by atoms with Gasteiger partial charge in [0.25, 0.3) is 0 Å². The molecule has 1 aromatic rings. The maximum atomic E-state index is 12.7. The molecule has 14 heavy (non-hydrogen) atoms. The van der Waals surface area contributed by atoms with Gasteiger partial charge in [-0.3, -0.25) is 0 Å². The molecule has 1 N–H and O–H groups in total. The molecule has 0 fully saturated rings. The summed E-state index contributed by atoms with van der Waals surface area (Å²) in [6.45, 7) is 0. The molecule has 0 saturated carbocycles. The Bertz CT molecular complexity index is 312. The fourth-order valence-electron chi connectivity index (χ4n) is 1.00. The highest BCUT2D eigenvalue weighted by molar-refractivity contribution is 14.1. The summed E-state index contributed by atoms with van der Waals surface area (Å²) >= 11 is 0.906. The van der Waals surface area contributed by atoms with Gasteiger partial charge in [-0.2, -0.15) is 8.78 Å². The molecule has 0 aliphatic carbocycles. The summed E-state index contributed by atoms with van der Waals surface area (Å²) in [5.41, 5.74) is 0.142. The van der Waals surface area contributed by atoms with Gasteiger partial charge in [0.2, 0.25) is 0 Å². The monoisotopic (exact) mass is 314 g/mol. The minimum atomic E-state index is -3.18. The van der Waals surface area contributed by atoms with Gasteiger partial charge in [0, 0.05) is 22.6 Å². The van der Waals surface area contributed by atoms with Crippen LogP contribution in [0.4, 0.5) is 8.78 Å². The Morgan fingerprint density at radius 2 is 2.14 bits per heavy atom. The number of alkyl halides is 3. The molecular weight excluding hydrogens is 305 g/mol. The predicted octanol–water partition coefficient (Wildman–Crippen LogP) is 2.76. The fourth-order valence-corrected chi connectivity index (χ4v) is 1.36. The Morgan fingerprint density at radius 3 is 2.64 bits per heavy atom. The SMILES string of the molecule is COc1cccc(C(O)C(F)(F)I)c1. The molecule has 0 spiro atoms. The lowest BCUT2D eigenvalue weighted by Gasteiger charge is -2.17. The molecule has 0 heterocycles. The quantitative estimate of drug-likeness (QED) is 0.687. The second kappa shape index (κ2) is 4.39. The molecule has 0 aliphatic heterocycles. The van der Waals surface area contributed by atoms with Crippen LogP contribution in [0.15, 0.2) is 24.3 Å². The number of rotatable bonds is 3. The zero-order valence-corrected chi connectivity index (χ0v) is 9.53. The van der Waals surface area contributed by atoms with Crippen molar-refractivity contribution in [1.29, 1.82) is 0 Å². The third-order valence-corrected chi connectivity index (χ3v) is 2.31. The maximum Gasteiger partial charge on any atom is 0.325 e. The number of aliphatic hydroxyl groups excluding tert-OH is 1. The molecule has 1 atom stereocenters. The van der Waals surface area contributed by atoms with Crippen LogP contribution < -0.4 is 4.74 Å². The number of halogens is 3. The standard InChI is InChI=1S/C9H9F2IO2/c1-14-7-4-2-3-6(5-7)8(13)9(10,11)12/h2-5,8,13H,1H3. The second-order valence-corrected chi connectivity index (χ2v) is 4.16. The minimum Gasteiger partial charge on any atom is -0.497 e. The summed E-state index contributed by atoms with van der Waals surface area (Å²) in [5.74, 6) is 0.446. The Labute approximate surface area is 94.0 Å². The van der Waals surface area contributed by atoms with Crippen molar-refractivity contribution in [2.24, 2.45) is 0 Å². The van der Waals surface area contributed by atoms with Crippen LogP contribution in [0, 0.1) is 0 Å². The molecule has 0 aliphatic rings. The summed E-state index contributed by atoms with van der Waals surface area (Å²) in [4.78, 5) is 0. The van der Waals surface area contributed by atoms with Gasteiger partial charge < -0.3 is 9.84 Å². The molecule has 0 amide bonds. The van der Waals surface area contributed by atoms with Crippen LogP contribution in [-0.4, -0.2) is 16.1 Å². The zero-order chi connectivity index (χ0) is 10.8. The van der Waals surface area contributed by atoms with E-state index in [1.54, 1.807) is 12.1 Å². The van der Waals surface area contributed by atoms with Gasteiger partial charge in [-0.1, -0.05) is 12.1 Å². The summed E-state index contributed by atoms with van der Waals surface area (Å²) in [7, 11) is 1.44. The second-order valence-electron chi connectivity index (χ2n) is 2.72. The Balaban J connectivity index is 2.95. The van der Waals surface area contributed by atoms with E-state index in [-0.39, 0.29) is 5.56 Å². The van der Waals surface area contributed by atoms with Gasteiger partial charge in [0.1, 0.15) is 5.75 Å². The fraction of sp³-hybridized carbons (Fsp3) is 0.333. The van der Waals surface area contributed by atoms with Gasteiger partial charge in [-0.25, -0.2) is 0 Å². The van der Waals surface area contributed by atoms with Gasteiger partial charge in [0.05, 0.1) is 7.11 Å². The molecular formula is C9H9F2IO2. The summed E-state index contributed by atoms with van der Waals surface area (Å²) in [5, 5.41) is 9.26. The van der Waals surface area contributed by atoms with Crippen molar-refractivity contribution < 1.29 is 18.6 Å². The van der Waals surface area contributed by atoms with E-state index in [1.165, 1.54) is 19.2 Å². The van der Waals surface area contributed by atoms with E-state index in [0.717, 1.165) is 22.6 Å². The van der Waals surface area contributed by atoms with Gasteiger partial charge in [-0.15, -0.1) is 0 Å². The van der Waals surface area contributed by atoms with Crippen LogP contribution in [0.5, 0.6) is 5.75 Å². The van der Waals surface area contributed by atoms with Crippen molar-refractivity contribution >= 4 is 22.6 Å². The zero-order valence-electron chi connectivity index (χ0n) is 7.38. The lowest BCUT2D eigenvalue weighted by atomic mass is 10.1. The largest absolute Gasteiger partial charge is 0.497 e. The molecule has 78 valence electrons. The van der Waals surface area contributed by atoms with Crippen molar-refractivity contribution in [1.82, 2.24) is 0 Å². The Kier molecular flexibility index (Phi) is 3.65. The van der Waals surface area contributed by atoms with Crippen LogP contribution in [0.1, 0.15) is 11.7 Å². The first-order valence-corrected chi connectivity index (χ1v) is 4.91. The van der Waals surface area contributed by atoms with Crippen molar-refractivity contribution in [3.8, 4) is 5.75 Å². The van der Waals surface area contributed by atoms with E-state index in [9.17, 15) is 13.9 Å². The molecule has 0 radical (unpaired) electrons. The van der Waals surface area contributed by atoms with E-state index in [0.29, 0.717) is 5.75 Å². The average Bonchev–Trinajstić information content (AvgIpc) is 2.15. The number of methoxy groups -OCH3 is 1. The van der Waals surface area contributed by atoms with E-state index in [4.69, 9.17) is 4.74 Å². The number of hydrogen-bond donors (Lipinski definition) is 1. The molecule has 1 rings (SSSR count). The molecule has 2 nitrogen and oxygen atoms in total. The number of ether oxygens (including phenoxy) is 1. The van der Waals surface area contributed by atoms with Gasteiger partial charge >= 0.3 is 3.93 Å². The van der Waals surface area contributed by atoms with E-state index < -0.39 is 10.0 Å². The van der Waals surface area contributed by atoms with E-state index in [2.05, 4.69) is 0 Å². The highest BCUT2D eigenvalue weighted by Gasteiger charge is 2.35. The third-order valence-electron chi connectivity index (χ3n) is 1.72. The van der Waals surface area contributed by atoms with E-state index >= 15 is 0 Å². The Morgan fingerprint density at radius 1 is 1.50 bits per heavy atom. The Hall–Kier alpha value is -0.430. The predicted molar refractivity (Wildman–Crippen MR) is 56.9 cm³/mol. The molecule has 5 heteroatoms. The number of benzene rings is 1. The summed E-state index contributed by atoms with van der Waals surface area (Å²) in [6.07, 6.45) is -1.81. The van der Waals surface area contributed by atoms with Crippen LogP contribution in [-0.2, 0) is 0 Å². The first-order chi connectivity index (χ1) is 6.45. The molecule has 1 unspecified atom stereocenters. The first kappa shape index (κ1) is 11.6. The van der Waals surface area contributed by atoms with Crippen molar-refractivity contribution in [2.45, 2.75) is 10.0 Å². The highest BCUT2D eigenvalue weighted by Crippen LogP contribution is 2.37. The molecule has 0 aromatic heterocycles. The number of hydrogen-bond acceptors (Lipinski definition) is 2. The van der Waals surface area contributed by atoms with Crippen LogP contribution >= 0.6 is 22.6 Å². The van der Waals surface area contributed by atoms with Crippen LogP contribution in [0.3, 0.4) is 0 Å². The van der Waals surface area contributed by atoms with Crippen LogP contribution in [0.25, 0.3) is 0 Å². The summed E-state index contributed by atoms with van der Waals surface area (Å²) in [6, 6.07) is 6.00. The van der Waals surface area contributed by atoms with Crippen molar-refractivity contribution in [3.05, 3.63) is 29.8 Å². The molecule has 0 saturated heterocycles. The van der Waals surface area contributed by atoms with Gasteiger partial charge in [-0.05, 0) is 17.7 Å². The minimum absolute atomic E-state index is 0.142. The van der Waals surface area contributed by atoms with Crippen molar-refractivity contribution in [2.75, 3.05) is 7.11 Å².